The second-order valence-electron chi connectivity index (χ2n) is 4.41. The van der Waals surface area contributed by atoms with Crippen LogP contribution in [0.1, 0.15) is 30.6 Å². The van der Waals surface area contributed by atoms with Crippen molar-refractivity contribution >= 4 is 11.6 Å². The first kappa shape index (κ1) is 14.0. The van der Waals surface area contributed by atoms with Gasteiger partial charge in [0, 0.05) is 12.1 Å². The van der Waals surface area contributed by atoms with Gasteiger partial charge in [-0.2, -0.15) is 0 Å². The zero-order valence-electron chi connectivity index (χ0n) is 11.1. The lowest BCUT2D eigenvalue weighted by molar-refractivity contribution is 0.756. The van der Waals surface area contributed by atoms with Crippen molar-refractivity contribution in [1.82, 2.24) is 14.8 Å². The van der Waals surface area contributed by atoms with Crippen LogP contribution < -0.4 is 5.73 Å². The predicted octanol–water partition coefficient (Wildman–Crippen LogP) is 2.46. The number of benzene rings is 1. The lowest BCUT2D eigenvalue weighted by Gasteiger charge is -2.09. The summed E-state index contributed by atoms with van der Waals surface area (Å²) in [6, 6.07) is 8.43. The summed E-state index contributed by atoms with van der Waals surface area (Å²) in [6.45, 7) is 2.79. The molecule has 1 aromatic heterocycles. The monoisotopic (exact) mass is 278 g/mol. The van der Waals surface area contributed by atoms with Crippen LogP contribution in [0, 0.1) is 0 Å². The Hall–Kier alpha value is -1.39. The zero-order chi connectivity index (χ0) is 13.7. The number of hydrogen-bond acceptors (Lipinski definition) is 3. The van der Waals surface area contributed by atoms with Gasteiger partial charge >= 0.3 is 0 Å². The molecule has 4 nitrogen and oxygen atoms in total. The van der Waals surface area contributed by atoms with Gasteiger partial charge in [0.05, 0.1) is 5.88 Å². The molecule has 2 rings (SSSR count). The molecule has 0 saturated carbocycles. The van der Waals surface area contributed by atoms with Gasteiger partial charge in [-0.05, 0) is 37.1 Å². The summed E-state index contributed by atoms with van der Waals surface area (Å²) in [5.74, 6) is 2.05. The molecule has 0 aliphatic heterocycles. The SMILES string of the molecule is CCc1ccc(-n2c(CCl)nnc2CCCN)cc1. The van der Waals surface area contributed by atoms with E-state index in [-0.39, 0.29) is 0 Å². The van der Waals surface area contributed by atoms with Crippen LogP contribution in [0.4, 0.5) is 0 Å². The number of nitrogens with two attached hydrogens (primary N) is 1. The van der Waals surface area contributed by atoms with E-state index < -0.39 is 0 Å². The van der Waals surface area contributed by atoms with Crippen molar-refractivity contribution in [2.45, 2.75) is 32.1 Å². The Morgan fingerprint density at radius 2 is 1.84 bits per heavy atom. The lowest BCUT2D eigenvalue weighted by Crippen LogP contribution is -2.07. The highest BCUT2D eigenvalue weighted by Gasteiger charge is 2.12. The Morgan fingerprint density at radius 3 is 2.42 bits per heavy atom. The average molecular weight is 279 g/mol. The number of halogens is 1. The summed E-state index contributed by atoms with van der Waals surface area (Å²) < 4.78 is 2.03. The first-order valence-corrected chi connectivity index (χ1v) is 7.12. The van der Waals surface area contributed by atoms with Gasteiger partial charge in [0.1, 0.15) is 5.82 Å². The fourth-order valence-corrected chi connectivity index (χ4v) is 2.21. The molecule has 2 aromatic rings. The van der Waals surface area contributed by atoms with E-state index in [1.165, 1.54) is 5.56 Å². The molecule has 0 bridgehead atoms. The highest BCUT2D eigenvalue weighted by Crippen LogP contribution is 2.17. The molecule has 0 aliphatic rings. The molecule has 0 amide bonds. The minimum atomic E-state index is 0.352. The van der Waals surface area contributed by atoms with Gasteiger partial charge in [-0.25, -0.2) is 0 Å². The first-order valence-electron chi connectivity index (χ1n) is 6.58. The van der Waals surface area contributed by atoms with Crippen LogP contribution in [-0.4, -0.2) is 21.3 Å². The molecule has 0 fully saturated rings. The minimum absolute atomic E-state index is 0.352. The Labute approximate surface area is 118 Å². The Balaban J connectivity index is 2.36. The summed E-state index contributed by atoms with van der Waals surface area (Å²) in [4.78, 5) is 0. The average Bonchev–Trinajstić information content (AvgIpc) is 2.88. The van der Waals surface area contributed by atoms with Crippen LogP contribution in [0.3, 0.4) is 0 Å². The van der Waals surface area contributed by atoms with E-state index in [1.54, 1.807) is 0 Å². The lowest BCUT2D eigenvalue weighted by atomic mass is 10.1. The van der Waals surface area contributed by atoms with Crippen LogP contribution in [0.25, 0.3) is 5.69 Å². The molecule has 0 unspecified atom stereocenters. The van der Waals surface area contributed by atoms with Crippen molar-refractivity contribution in [2.75, 3.05) is 6.54 Å². The number of alkyl halides is 1. The topological polar surface area (TPSA) is 56.7 Å². The third-order valence-corrected chi connectivity index (χ3v) is 3.36. The van der Waals surface area contributed by atoms with Crippen LogP contribution >= 0.6 is 11.6 Å². The normalized spacial score (nSPS) is 10.9. The summed E-state index contributed by atoms with van der Waals surface area (Å²) in [7, 11) is 0. The maximum Gasteiger partial charge on any atom is 0.152 e. The maximum atomic E-state index is 5.94. The van der Waals surface area contributed by atoms with E-state index in [0.717, 1.165) is 36.6 Å². The van der Waals surface area contributed by atoms with Crippen LogP contribution in [0.5, 0.6) is 0 Å². The molecule has 102 valence electrons. The standard InChI is InChI=1S/C14H19ClN4/c1-2-11-5-7-12(8-6-11)19-13(4-3-9-16)17-18-14(19)10-15/h5-8H,2-4,9-10,16H2,1H3. The van der Waals surface area contributed by atoms with Gasteiger partial charge in [-0.15, -0.1) is 21.8 Å². The number of rotatable bonds is 6. The number of aryl methyl sites for hydroxylation is 2. The second-order valence-corrected chi connectivity index (χ2v) is 4.68. The van der Waals surface area contributed by atoms with E-state index in [0.29, 0.717) is 12.4 Å². The van der Waals surface area contributed by atoms with Crippen molar-refractivity contribution in [3.63, 3.8) is 0 Å². The molecular weight excluding hydrogens is 260 g/mol. The second kappa shape index (κ2) is 6.68. The van der Waals surface area contributed by atoms with E-state index in [9.17, 15) is 0 Å². The molecule has 19 heavy (non-hydrogen) atoms. The first-order chi connectivity index (χ1) is 9.30. The van der Waals surface area contributed by atoms with Crippen LogP contribution in [-0.2, 0) is 18.7 Å². The van der Waals surface area contributed by atoms with Crippen LogP contribution in [0.15, 0.2) is 24.3 Å². The van der Waals surface area contributed by atoms with Gasteiger partial charge in [0.25, 0.3) is 0 Å². The molecular formula is C14H19ClN4. The van der Waals surface area contributed by atoms with Gasteiger partial charge in [-0.3, -0.25) is 4.57 Å². The maximum absolute atomic E-state index is 5.94. The molecule has 1 heterocycles. The van der Waals surface area contributed by atoms with E-state index in [1.807, 2.05) is 4.57 Å². The highest BCUT2D eigenvalue weighted by atomic mass is 35.5. The third kappa shape index (κ3) is 3.14. The number of aromatic nitrogens is 3. The third-order valence-electron chi connectivity index (χ3n) is 3.12. The Morgan fingerprint density at radius 1 is 1.16 bits per heavy atom. The fourth-order valence-electron chi connectivity index (χ4n) is 2.04. The molecule has 1 aromatic carbocycles. The van der Waals surface area contributed by atoms with Gasteiger partial charge in [-0.1, -0.05) is 19.1 Å². The molecule has 2 N–H and O–H groups in total. The van der Waals surface area contributed by atoms with Crippen molar-refractivity contribution in [2.24, 2.45) is 5.73 Å². The largest absolute Gasteiger partial charge is 0.330 e. The predicted molar refractivity (Wildman–Crippen MR) is 77.7 cm³/mol. The molecule has 0 saturated heterocycles. The van der Waals surface area contributed by atoms with Crippen molar-refractivity contribution in [1.29, 1.82) is 0 Å². The summed E-state index contributed by atoms with van der Waals surface area (Å²) in [5.41, 5.74) is 7.93. The van der Waals surface area contributed by atoms with Crippen molar-refractivity contribution in [3.8, 4) is 5.69 Å². The Kier molecular flexibility index (Phi) is 4.93. The molecule has 0 atom stereocenters. The number of hydrogen-bond donors (Lipinski definition) is 1. The smallest absolute Gasteiger partial charge is 0.152 e. The van der Waals surface area contributed by atoms with Gasteiger partial charge < -0.3 is 5.73 Å². The van der Waals surface area contributed by atoms with E-state index in [2.05, 4.69) is 41.4 Å². The quantitative estimate of drug-likeness (QED) is 0.826. The molecule has 5 heteroatoms. The minimum Gasteiger partial charge on any atom is -0.330 e. The van der Waals surface area contributed by atoms with Crippen molar-refractivity contribution in [3.05, 3.63) is 41.5 Å². The van der Waals surface area contributed by atoms with Crippen LogP contribution in [0.2, 0.25) is 0 Å². The summed E-state index contributed by atoms with van der Waals surface area (Å²) in [5, 5.41) is 8.36. The molecule has 0 aliphatic carbocycles. The highest BCUT2D eigenvalue weighted by molar-refractivity contribution is 6.16. The summed E-state index contributed by atoms with van der Waals surface area (Å²) >= 11 is 5.94. The summed E-state index contributed by atoms with van der Waals surface area (Å²) in [6.07, 6.45) is 2.74. The number of nitrogens with zero attached hydrogens (tertiary/aromatic N) is 3. The van der Waals surface area contributed by atoms with Gasteiger partial charge in [0.15, 0.2) is 5.82 Å². The van der Waals surface area contributed by atoms with Crippen molar-refractivity contribution < 1.29 is 0 Å². The van der Waals surface area contributed by atoms with E-state index >= 15 is 0 Å². The molecule has 0 radical (unpaired) electrons. The Bertz CT molecular complexity index is 519. The fraction of sp³-hybridized carbons (Fsp3) is 0.429. The zero-order valence-corrected chi connectivity index (χ0v) is 11.9. The van der Waals surface area contributed by atoms with Gasteiger partial charge in [0.2, 0.25) is 0 Å². The molecule has 0 spiro atoms. The van der Waals surface area contributed by atoms with E-state index in [4.69, 9.17) is 17.3 Å².